The number of anilines is 1. The van der Waals surface area contributed by atoms with Crippen molar-refractivity contribution in [1.29, 1.82) is 0 Å². The summed E-state index contributed by atoms with van der Waals surface area (Å²) >= 11 is 0. The molecule has 0 fully saturated rings. The maximum absolute atomic E-state index is 13.3. The Morgan fingerprint density at radius 3 is 2.40 bits per heavy atom. The predicted octanol–water partition coefficient (Wildman–Crippen LogP) is 3.33. The van der Waals surface area contributed by atoms with Gasteiger partial charge in [0.05, 0.1) is 18.9 Å². The molecule has 20 heavy (non-hydrogen) atoms. The summed E-state index contributed by atoms with van der Waals surface area (Å²) in [6.07, 6.45) is 0. The first-order chi connectivity index (χ1) is 9.86. The smallest absolute Gasteiger partial charge is 0.146 e. The average molecular weight is 275 g/mol. The molecule has 3 nitrogen and oxygen atoms in total. The van der Waals surface area contributed by atoms with Crippen molar-refractivity contribution >= 4 is 5.69 Å². The first kappa shape index (κ1) is 14.3. The van der Waals surface area contributed by atoms with Gasteiger partial charge in [-0.25, -0.2) is 4.39 Å². The zero-order chi connectivity index (χ0) is 14.0. The maximum atomic E-state index is 13.3. The van der Waals surface area contributed by atoms with E-state index in [9.17, 15) is 4.39 Å². The first-order valence-electron chi connectivity index (χ1n) is 6.60. The molecule has 0 aliphatic rings. The number of nitrogens with one attached hydrogen (secondary N) is 1. The van der Waals surface area contributed by atoms with E-state index < -0.39 is 0 Å². The minimum Gasteiger partial charge on any atom is -0.491 e. The molecule has 2 aromatic carbocycles. The van der Waals surface area contributed by atoms with Crippen LogP contribution in [-0.2, 0) is 4.74 Å². The lowest BCUT2D eigenvalue weighted by Gasteiger charge is -2.09. The number of hydrogen-bond donors (Lipinski definition) is 1. The lowest BCUT2D eigenvalue weighted by molar-refractivity contribution is 0.107. The highest BCUT2D eigenvalue weighted by molar-refractivity contribution is 5.44. The molecule has 0 aliphatic heterocycles. The molecule has 0 unspecified atom stereocenters. The van der Waals surface area contributed by atoms with Crippen molar-refractivity contribution in [3.63, 3.8) is 0 Å². The van der Waals surface area contributed by atoms with Gasteiger partial charge in [0.25, 0.3) is 0 Å². The van der Waals surface area contributed by atoms with Gasteiger partial charge in [-0.1, -0.05) is 30.3 Å². The van der Waals surface area contributed by atoms with Crippen LogP contribution in [-0.4, -0.2) is 26.4 Å². The summed E-state index contributed by atoms with van der Waals surface area (Å²) in [7, 11) is 0. The molecule has 2 aromatic rings. The maximum Gasteiger partial charge on any atom is 0.146 e. The predicted molar refractivity (Wildman–Crippen MR) is 77.6 cm³/mol. The summed E-state index contributed by atoms with van der Waals surface area (Å²) < 4.78 is 24.2. The van der Waals surface area contributed by atoms with Gasteiger partial charge in [-0.3, -0.25) is 0 Å². The Hall–Kier alpha value is -2.07. The van der Waals surface area contributed by atoms with E-state index in [1.54, 1.807) is 18.2 Å². The third-order valence-corrected chi connectivity index (χ3v) is 2.68. The van der Waals surface area contributed by atoms with Crippen LogP contribution in [0.25, 0.3) is 0 Å². The quantitative estimate of drug-likeness (QED) is 0.750. The van der Waals surface area contributed by atoms with Crippen LogP contribution in [0.4, 0.5) is 10.1 Å². The van der Waals surface area contributed by atoms with E-state index >= 15 is 0 Å². The van der Waals surface area contributed by atoms with Crippen LogP contribution in [0.5, 0.6) is 5.75 Å². The summed E-state index contributed by atoms with van der Waals surface area (Å²) in [6, 6.07) is 16.2. The molecule has 0 aromatic heterocycles. The number of rotatable bonds is 8. The lowest BCUT2D eigenvalue weighted by atomic mass is 10.3. The molecule has 0 amide bonds. The fraction of sp³-hybridized carbons (Fsp3) is 0.250. The Labute approximate surface area is 118 Å². The summed E-state index contributed by atoms with van der Waals surface area (Å²) in [6.45, 7) is 2.08. The standard InChI is InChI=1S/C16H18FNO2/c17-15-8-4-5-9-16(15)18-10-11-19-12-13-20-14-6-2-1-3-7-14/h1-9,18H,10-13H2. The molecule has 0 spiro atoms. The van der Waals surface area contributed by atoms with Gasteiger partial charge < -0.3 is 14.8 Å². The van der Waals surface area contributed by atoms with Crippen LogP contribution in [0.1, 0.15) is 0 Å². The first-order valence-corrected chi connectivity index (χ1v) is 6.60. The van der Waals surface area contributed by atoms with E-state index in [0.29, 0.717) is 32.1 Å². The number of hydrogen-bond acceptors (Lipinski definition) is 3. The Kier molecular flexibility index (Phi) is 5.86. The molecule has 0 heterocycles. The third-order valence-electron chi connectivity index (χ3n) is 2.68. The van der Waals surface area contributed by atoms with Crippen molar-refractivity contribution in [3.8, 4) is 5.75 Å². The molecular formula is C16H18FNO2. The van der Waals surface area contributed by atoms with Gasteiger partial charge >= 0.3 is 0 Å². The van der Waals surface area contributed by atoms with E-state index in [1.165, 1.54) is 6.07 Å². The van der Waals surface area contributed by atoms with Crippen molar-refractivity contribution in [2.75, 3.05) is 31.7 Å². The monoisotopic (exact) mass is 275 g/mol. The second-order valence-electron chi connectivity index (χ2n) is 4.18. The molecule has 0 bridgehead atoms. The highest BCUT2D eigenvalue weighted by atomic mass is 19.1. The third kappa shape index (κ3) is 4.90. The van der Waals surface area contributed by atoms with Crippen molar-refractivity contribution in [2.45, 2.75) is 0 Å². The summed E-state index contributed by atoms with van der Waals surface area (Å²) in [5, 5.41) is 2.98. The number of ether oxygens (including phenoxy) is 2. The van der Waals surface area contributed by atoms with Crippen LogP contribution in [0, 0.1) is 5.82 Å². The highest BCUT2D eigenvalue weighted by Crippen LogP contribution is 2.11. The molecule has 0 saturated carbocycles. The number of benzene rings is 2. The minimum atomic E-state index is -0.250. The molecule has 0 saturated heterocycles. The minimum absolute atomic E-state index is 0.250. The number of halogens is 1. The molecule has 0 aliphatic carbocycles. The van der Waals surface area contributed by atoms with Gasteiger partial charge in [0.15, 0.2) is 0 Å². The van der Waals surface area contributed by atoms with Crippen molar-refractivity contribution in [3.05, 3.63) is 60.4 Å². The average Bonchev–Trinajstić information content (AvgIpc) is 2.49. The number of para-hydroxylation sites is 2. The second-order valence-corrected chi connectivity index (χ2v) is 4.18. The normalized spacial score (nSPS) is 10.2. The van der Waals surface area contributed by atoms with Crippen molar-refractivity contribution in [2.24, 2.45) is 0 Å². The van der Waals surface area contributed by atoms with E-state index in [-0.39, 0.29) is 5.82 Å². The zero-order valence-corrected chi connectivity index (χ0v) is 11.2. The van der Waals surface area contributed by atoms with Gasteiger partial charge in [0, 0.05) is 6.54 Å². The van der Waals surface area contributed by atoms with E-state index in [2.05, 4.69) is 5.32 Å². The van der Waals surface area contributed by atoms with E-state index in [0.717, 1.165) is 5.75 Å². The molecule has 1 N–H and O–H groups in total. The van der Waals surface area contributed by atoms with Crippen LogP contribution in [0.2, 0.25) is 0 Å². The Morgan fingerprint density at radius 1 is 0.850 bits per heavy atom. The van der Waals surface area contributed by atoms with Crippen LogP contribution in [0.3, 0.4) is 0 Å². The fourth-order valence-electron chi connectivity index (χ4n) is 1.70. The summed E-state index contributed by atoms with van der Waals surface area (Å²) in [4.78, 5) is 0. The molecule has 106 valence electrons. The topological polar surface area (TPSA) is 30.5 Å². The van der Waals surface area contributed by atoms with Crippen molar-refractivity contribution in [1.82, 2.24) is 0 Å². The molecule has 4 heteroatoms. The SMILES string of the molecule is Fc1ccccc1NCCOCCOc1ccccc1. The Morgan fingerprint density at radius 2 is 1.60 bits per heavy atom. The van der Waals surface area contributed by atoms with Crippen LogP contribution >= 0.6 is 0 Å². The molecule has 0 atom stereocenters. The van der Waals surface area contributed by atoms with Crippen LogP contribution < -0.4 is 10.1 Å². The summed E-state index contributed by atoms with van der Waals surface area (Å²) in [5.41, 5.74) is 0.497. The molecule has 2 rings (SSSR count). The van der Waals surface area contributed by atoms with Gasteiger partial charge in [-0.15, -0.1) is 0 Å². The lowest BCUT2D eigenvalue weighted by Crippen LogP contribution is -2.14. The van der Waals surface area contributed by atoms with Gasteiger partial charge in [-0.2, -0.15) is 0 Å². The molecular weight excluding hydrogens is 257 g/mol. The van der Waals surface area contributed by atoms with Gasteiger partial charge in [0.1, 0.15) is 18.2 Å². The highest BCUT2D eigenvalue weighted by Gasteiger charge is 1.98. The largest absolute Gasteiger partial charge is 0.491 e. The van der Waals surface area contributed by atoms with E-state index in [1.807, 2.05) is 30.3 Å². The molecule has 0 radical (unpaired) electrons. The van der Waals surface area contributed by atoms with Crippen LogP contribution in [0.15, 0.2) is 54.6 Å². The fourth-order valence-corrected chi connectivity index (χ4v) is 1.70. The Bertz CT molecular complexity index is 505. The van der Waals surface area contributed by atoms with Gasteiger partial charge in [0.2, 0.25) is 0 Å². The summed E-state index contributed by atoms with van der Waals surface area (Å²) in [5.74, 6) is 0.584. The second kappa shape index (κ2) is 8.17. The van der Waals surface area contributed by atoms with E-state index in [4.69, 9.17) is 9.47 Å². The Balaban J connectivity index is 1.53. The van der Waals surface area contributed by atoms with Crippen molar-refractivity contribution < 1.29 is 13.9 Å². The zero-order valence-electron chi connectivity index (χ0n) is 11.2. The van der Waals surface area contributed by atoms with Gasteiger partial charge in [-0.05, 0) is 24.3 Å².